The number of amides is 15. The first-order chi connectivity index (χ1) is 62.3. The number of rotatable bonds is 24. The van der Waals surface area contributed by atoms with Gasteiger partial charge in [0, 0.05) is 90.2 Å². The number of carboxylic acid groups (broad SMARTS) is 1. The topological polar surface area (TPSA) is 500 Å². The zero-order valence-electron chi connectivity index (χ0n) is 75.7. The molecule has 1 fully saturated rings. The normalized spacial score (nSPS) is 22.3. The fraction of sp³-hybridized carbons (Fsp3) is 0.432. The van der Waals surface area contributed by atoms with E-state index in [1.54, 1.807) is 161 Å². The van der Waals surface area contributed by atoms with Crippen molar-refractivity contribution < 1.29 is 92.0 Å². The number of thioether (sulfide) groups is 1. The Morgan fingerprint density at radius 3 is 1.53 bits per heavy atom. The molecule has 1 aliphatic rings. The van der Waals surface area contributed by atoms with Gasteiger partial charge in [-0.1, -0.05) is 181 Å². The molecule has 15 amide bonds. The van der Waals surface area contributed by atoms with E-state index in [0.717, 1.165) is 26.5 Å². The van der Waals surface area contributed by atoms with Crippen LogP contribution in [0.15, 0.2) is 170 Å². The molecule has 36 heteroatoms. The van der Waals surface area contributed by atoms with Crippen LogP contribution in [0, 0.1) is 11.8 Å². The van der Waals surface area contributed by atoms with Crippen LogP contribution in [0.25, 0.3) is 10.9 Å². The van der Waals surface area contributed by atoms with Crippen molar-refractivity contribution in [3.63, 3.8) is 0 Å². The van der Waals surface area contributed by atoms with Gasteiger partial charge in [-0.05, 0) is 108 Å². The van der Waals surface area contributed by atoms with Crippen molar-refractivity contribution in [1.29, 1.82) is 0 Å². The molecule has 0 saturated carbocycles. The highest BCUT2D eigenvalue weighted by atomic mass is 32.2. The number of aromatic amines is 1. The molecule has 35 nitrogen and oxygen atoms in total. The average Bonchev–Trinajstić information content (AvgIpc) is 1.81. The van der Waals surface area contributed by atoms with Gasteiger partial charge in [-0.3, -0.25) is 76.7 Å². The zero-order valence-corrected chi connectivity index (χ0v) is 76.5. The number of likely N-dealkylation sites (N-methyl/N-ethyl adjacent to an activating group) is 5. The van der Waals surface area contributed by atoms with E-state index in [1.807, 2.05) is 6.92 Å². The van der Waals surface area contributed by atoms with Crippen LogP contribution < -0.4 is 53.6 Å². The summed E-state index contributed by atoms with van der Waals surface area (Å²) in [6.45, 7) is 8.36. The number of nitrogens with zero attached hydrogens (tertiary/aromatic N) is 5. The minimum absolute atomic E-state index is 0.0300. The smallest absolute Gasteiger partial charge is 0.305 e. The van der Waals surface area contributed by atoms with E-state index in [-0.39, 0.29) is 81.0 Å². The number of unbranched alkanes of at least 4 members (excludes halogenated alkanes) is 1. The van der Waals surface area contributed by atoms with Gasteiger partial charge in [0.2, 0.25) is 88.6 Å². The third kappa shape index (κ3) is 30.8. The van der Waals surface area contributed by atoms with Crippen LogP contribution in [-0.2, 0) is 115 Å². The summed E-state index contributed by atoms with van der Waals surface area (Å²) in [6, 6.07) is 26.3. The standard InChI is InChI=1S/C95H122N16O19S/c1-12-13-33-76-93(128)107(7)53-80(115)99-72(50-82(117)118)89(124)106-83(57(4)5)95(130)110(10)77(47-61-27-19-15-20-28-61)90(125)104-74(46-63-36-41-66(113)42-37-63)91(126)108(8)58(6)84(119)102-71(49-64-51-97-68-32-24-23-31-67(64)68)88(123)101-69(43-38-59-34-39-65(112)40-35-59)86(121)103-70(44-56(2)3)87(122)105-75(85(120)98-52-79(96)114)54-131-55-81(116)100-73(45-60-25-17-14-18-26-60)92(127)111(11)78(94(129)109(76)9)48-62-29-21-16-22-30-62/h14-32,34-37,39-42,51,56-58,69-78,83,97,112-113H,12-13,33,38,43-50,52-55H2,1-11H3,(H2,96,114)(H,98,120)(H,99,115)(H,100,116)(H,101,123)(H,102,119)(H,103,121)(H,104,125)(H,105,122)(H,106,124)(H,117,118)/t58-,69-,70-,71-,72-,73-,74-,75-,76-,77-,78-,83-/m0/s1. The van der Waals surface area contributed by atoms with Gasteiger partial charge in [0.1, 0.15) is 84.0 Å². The van der Waals surface area contributed by atoms with Crippen molar-refractivity contribution in [2.24, 2.45) is 17.6 Å². The van der Waals surface area contributed by atoms with Gasteiger partial charge in [0.05, 0.1) is 25.3 Å². The monoisotopic (exact) mass is 1820 g/mol. The molecule has 12 atom stereocenters. The molecule has 0 bridgehead atoms. The number of nitrogens with two attached hydrogens (primary N) is 1. The first kappa shape index (κ1) is 103. The molecule has 7 aromatic rings. The summed E-state index contributed by atoms with van der Waals surface area (Å²) in [4.78, 5) is 245. The van der Waals surface area contributed by atoms with Crippen LogP contribution in [0.3, 0.4) is 0 Å². The van der Waals surface area contributed by atoms with Crippen molar-refractivity contribution in [2.45, 2.75) is 191 Å². The summed E-state index contributed by atoms with van der Waals surface area (Å²) >= 11 is 0.834. The molecule has 0 radical (unpaired) electrons. The summed E-state index contributed by atoms with van der Waals surface area (Å²) in [5.41, 5.74) is 9.35. The molecule has 1 saturated heterocycles. The molecule has 1 aliphatic heterocycles. The summed E-state index contributed by atoms with van der Waals surface area (Å²) in [5.74, 6) is -17.2. The van der Waals surface area contributed by atoms with Crippen LogP contribution in [0.1, 0.15) is 113 Å². The van der Waals surface area contributed by atoms with E-state index in [1.165, 1.54) is 88.4 Å². The third-order valence-corrected chi connectivity index (χ3v) is 23.9. The number of benzene rings is 6. The Balaban J connectivity index is 1.22. The van der Waals surface area contributed by atoms with Crippen molar-refractivity contribution in [1.82, 2.24) is 77.3 Å². The van der Waals surface area contributed by atoms with Gasteiger partial charge in [-0.25, -0.2) is 0 Å². The summed E-state index contributed by atoms with van der Waals surface area (Å²) in [7, 11) is 6.57. The highest BCUT2D eigenvalue weighted by molar-refractivity contribution is 8.00. The molecule has 131 heavy (non-hydrogen) atoms. The number of aryl methyl sites for hydroxylation is 1. The minimum Gasteiger partial charge on any atom is -0.508 e. The number of phenols is 2. The molecule has 8 rings (SSSR count). The number of aromatic nitrogens is 1. The highest BCUT2D eigenvalue weighted by Gasteiger charge is 2.43. The Bertz CT molecular complexity index is 5120. The van der Waals surface area contributed by atoms with Gasteiger partial charge < -0.3 is 98.4 Å². The van der Waals surface area contributed by atoms with Crippen LogP contribution in [0.5, 0.6) is 11.5 Å². The van der Waals surface area contributed by atoms with Gasteiger partial charge in [0.15, 0.2) is 0 Å². The third-order valence-electron chi connectivity index (χ3n) is 22.9. The van der Waals surface area contributed by atoms with E-state index in [2.05, 4.69) is 52.8 Å². The number of phenolic OH excluding ortho intramolecular Hbond substituents is 2. The second kappa shape index (κ2) is 49.8. The van der Waals surface area contributed by atoms with E-state index >= 15 is 47.9 Å². The SMILES string of the molecule is CCCC[C@H]1C(=O)N(C)CC(=O)N[C@@H](CC(=O)O)C(=O)N[C@@H](C(C)C)C(=O)N(C)[C@@H](Cc2ccccc2)C(=O)N[C@@H](Cc2ccc(O)cc2)C(=O)N(C)[C@@H](C)C(=O)N[C@@H](Cc2c[nH]c3ccccc23)C(=O)N[C@@H](CCc2ccc(O)cc2)C(=O)N[C@@H](CC(C)C)C(=O)N[C@H](C(=O)NCC(N)=O)CSCC(=O)N[C@@H](Cc2ccccc2)C(=O)N(C)[C@@H](Cc2ccccc2)C(=O)N1C. The van der Waals surface area contributed by atoms with Gasteiger partial charge >= 0.3 is 5.97 Å². The average molecular weight is 1820 g/mol. The van der Waals surface area contributed by atoms with Gasteiger partial charge in [-0.15, -0.1) is 11.8 Å². The molecule has 0 spiro atoms. The Hall–Kier alpha value is -13.7. The quantitative estimate of drug-likeness (QED) is 0.0413. The molecule has 702 valence electrons. The van der Waals surface area contributed by atoms with Crippen LogP contribution in [-0.4, -0.2) is 272 Å². The van der Waals surface area contributed by atoms with Crippen LogP contribution >= 0.6 is 11.8 Å². The second-order valence-electron chi connectivity index (χ2n) is 33.8. The molecule has 15 N–H and O–H groups in total. The predicted octanol–water partition coefficient (Wildman–Crippen LogP) is 3.11. The van der Waals surface area contributed by atoms with E-state index in [4.69, 9.17) is 5.73 Å². The number of primary amides is 1. The van der Waals surface area contributed by atoms with Gasteiger partial charge in [-0.2, -0.15) is 0 Å². The Kier molecular flexibility index (Phi) is 39.0. The van der Waals surface area contributed by atoms with Crippen molar-refractivity contribution in [3.05, 3.63) is 203 Å². The molecule has 0 unspecified atom stereocenters. The van der Waals surface area contributed by atoms with Crippen LogP contribution in [0.4, 0.5) is 0 Å². The lowest BCUT2D eigenvalue weighted by atomic mass is 9.98. The van der Waals surface area contributed by atoms with Crippen molar-refractivity contribution >= 4 is 117 Å². The highest BCUT2D eigenvalue weighted by Crippen LogP contribution is 2.25. The zero-order chi connectivity index (χ0) is 95.9. The van der Waals surface area contributed by atoms with E-state index in [0.29, 0.717) is 57.1 Å². The lowest BCUT2D eigenvalue weighted by molar-refractivity contribution is -0.151. The summed E-state index contributed by atoms with van der Waals surface area (Å²) < 4.78 is 0. The summed E-state index contributed by atoms with van der Waals surface area (Å²) in [5, 5.41) is 55.8. The van der Waals surface area contributed by atoms with Crippen LogP contribution in [0.2, 0.25) is 0 Å². The number of carboxylic acids is 1. The lowest BCUT2D eigenvalue weighted by Gasteiger charge is -2.37. The fourth-order valence-corrected chi connectivity index (χ4v) is 16.1. The lowest BCUT2D eigenvalue weighted by Crippen LogP contribution is -2.61. The largest absolute Gasteiger partial charge is 0.508 e. The Morgan fingerprint density at radius 1 is 0.473 bits per heavy atom. The van der Waals surface area contributed by atoms with E-state index < -0.39 is 198 Å². The number of nitrogens with one attached hydrogen (secondary N) is 10. The molecular weight excluding hydrogens is 1700 g/mol. The maximum absolute atomic E-state index is 15.5. The Morgan fingerprint density at radius 2 is 0.954 bits per heavy atom. The second-order valence-corrected chi connectivity index (χ2v) is 34.8. The number of fused-ring (bicyclic) bond motifs is 1. The molecular formula is C95H122N16O19S. The first-order valence-electron chi connectivity index (χ1n) is 43.6. The maximum atomic E-state index is 15.5. The number of hydrogen-bond donors (Lipinski definition) is 14. The maximum Gasteiger partial charge on any atom is 0.305 e. The van der Waals surface area contributed by atoms with Crippen molar-refractivity contribution in [3.8, 4) is 11.5 Å². The molecule has 1 aromatic heterocycles. The Labute approximate surface area is 766 Å². The minimum atomic E-state index is -1.91. The molecule has 0 aliphatic carbocycles. The number of carbonyl (C=O) groups excluding carboxylic acids is 15. The molecule has 2 heterocycles. The number of aliphatic carboxylic acids is 1. The number of aromatic hydroxyl groups is 2. The first-order valence-corrected chi connectivity index (χ1v) is 44.8. The van der Waals surface area contributed by atoms with E-state index in [9.17, 15) is 44.1 Å². The number of H-pyrrole nitrogens is 1. The molecule has 6 aromatic carbocycles. The predicted molar refractivity (Wildman–Crippen MR) is 491 cm³/mol. The summed E-state index contributed by atoms with van der Waals surface area (Å²) in [6.07, 6.45) is 0.309. The number of hydrogen-bond acceptors (Lipinski definition) is 19. The number of carbonyl (C=O) groups is 16. The van der Waals surface area contributed by atoms with Gasteiger partial charge in [0.25, 0.3) is 0 Å². The fourth-order valence-electron chi connectivity index (χ4n) is 15.2. The number of para-hydroxylation sites is 1. The van der Waals surface area contributed by atoms with Crippen molar-refractivity contribution in [2.75, 3.05) is 59.8 Å².